The van der Waals surface area contributed by atoms with Crippen molar-refractivity contribution in [1.82, 2.24) is 4.90 Å². The summed E-state index contributed by atoms with van der Waals surface area (Å²) < 4.78 is 0.920. The molecule has 1 N–H and O–H groups in total. The molecule has 0 aliphatic carbocycles. The van der Waals surface area contributed by atoms with Gasteiger partial charge >= 0.3 is 0 Å². The van der Waals surface area contributed by atoms with E-state index in [1.165, 1.54) is 10.5 Å². The van der Waals surface area contributed by atoms with Gasteiger partial charge < -0.3 is 10.2 Å². The molecule has 0 saturated carbocycles. The molecule has 174 valence electrons. The van der Waals surface area contributed by atoms with Gasteiger partial charge in [0, 0.05) is 21.7 Å². The van der Waals surface area contributed by atoms with Gasteiger partial charge in [-0.05, 0) is 73.1 Å². The summed E-state index contributed by atoms with van der Waals surface area (Å²) in [5, 5.41) is 3.78. The molecule has 0 bridgehead atoms. The molecule has 1 heterocycles. The number of hydrogen-bond acceptors (Lipinski definition) is 3. The van der Waals surface area contributed by atoms with Gasteiger partial charge in [-0.25, -0.2) is 0 Å². The average molecular weight is 557 g/mol. The standard InChI is InChI=1S/C26H23BrClN3O2S/c27-19-11-13-21(14-12-19)29-24(32)17-23-25(33)31(22-10-4-9-20(28)16-22)26(34)30(23)15-5-8-18-6-2-1-3-7-18/h1-4,6-7,9-14,16,23H,5,8,15,17H2,(H,29,32). The first-order chi connectivity index (χ1) is 16.4. The van der Waals surface area contributed by atoms with Crippen molar-refractivity contribution in [2.24, 2.45) is 0 Å². The van der Waals surface area contributed by atoms with Crippen molar-refractivity contribution in [3.05, 3.63) is 93.9 Å². The molecule has 0 spiro atoms. The molecular weight excluding hydrogens is 534 g/mol. The Labute approximate surface area is 217 Å². The van der Waals surface area contributed by atoms with E-state index in [9.17, 15) is 9.59 Å². The summed E-state index contributed by atoms with van der Waals surface area (Å²) in [4.78, 5) is 29.7. The lowest BCUT2D eigenvalue weighted by atomic mass is 10.1. The topological polar surface area (TPSA) is 52.7 Å². The average Bonchev–Trinajstić information content (AvgIpc) is 3.05. The third-order valence-corrected chi connectivity index (χ3v) is 6.78. The first-order valence-corrected chi connectivity index (χ1v) is 12.5. The van der Waals surface area contributed by atoms with Crippen molar-refractivity contribution in [2.45, 2.75) is 25.3 Å². The molecule has 0 radical (unpaired) electrons. The van der Waals surface area contributed by atoms with E-state index >= 15 is 0 Å². The lowest BCUT2D eigenvalue weighted by Gasteiger charge is -2.24. The summed E-state index contributed by atoms with van der Waals surface area (Å²) in [6, 6.07) is 23.8. The highest BCUT2D eigenvalue weighted by molar-refractivity contribution is 9.10. The number of thiocarbonyl (C=S) groups is 1. The van der Waals surface area contributed by atoms with Crippen molar-refractivity contribution in [2.75, 3.05) is 16.8 Å². The minimum absolute atomic E-state index is 0.00254. The zero-order chi connectivity index (χ0) is 24.1. The normalized spacial score (nSPS) is 15.6. The number of carbonyl (C=O) groups excluding carboxylic acids is 2. The number of benzene rings is 3. The Balaban J connectivity index is 1.52. The summed E-state index contributed by atoms with van der Waals surface area (Å²) in [6.45, 7) is 0.562. The highest BCUT2D eigenvalue weighted by Crippen LogP contribution is 2.29. The number of carbonyl (C=O) groups is 2. The number of hydrogen-bond donors (Lipinski definition) is 1. The zero-order valence-electron chi connectivity index (χ0n) is 18.3. The Bertz CT molecular complexity index is 1190. The summed E-state index contributed by atoms with van der Waals surface area (Å²) >= 11 is 15.3. The van der Waals surface area contributed by atoms with Crippen LogP contribution >= 0.6 is 39.7 Å². The number of amides is 2. The van der Waals surface area contributed by atoms with Crippen LogP contribution in [0.3, 0.4) is 0 Å². The van der Waals surface area contributed by atoms with Gasteiger partial charge in [0.05, 0.1) is 12.1 Å². The predicted octanol–water partition coefficient (Wildman–Crippen LogP) is 6.07. The Morgan fingerprint density at radius 2 is 1.76 bits per heavy atom. The number of anilines is 2. The van der Waals surface area contributed by atoms with Crippen LogP contribution in [0.1, 0.15) is 18.4 Å². The van der Waals surface area contributed by atoms with Crippen LogP contribution in [0.5, 0.6) is 0 Å². The highest BCUT2D eigenvalue weighted by Gasteiger charge is 2.43. The predicted molar refractivity (Wildman–Crippen MR) is 144 cm³/mol. The molecule has 1 atom stereocenters. The minimum atomic E-state index is -0.683. The fourth-order valence-electron chi connectivity index (χ4n) is 3.96. The number of aryl methyl sites for hydroxylation is 1. The zero-order valence-corrected chi connectivity index (χ0v) is 21.4. The lowest BCUT2D eigenvalue weighted by Crippen LogP contribution is -2.38. The Kier molecular flexibility index (Phi) is 7.98. The molecule has 2 amide bonds. The Morgan fingerprint density at radius 1 is 1.03 bits per heavy atom. The number of nitrogens with one attached hydrogen (secondary N) is 1. The van der Waals surface area contributed by atoms with Gasteiger partial charge in [0.1, 0.15) is 6.04 Å². The SMILES string of the molecule is O=C(CC1C(=O)N(c2cccc(Cl)c2)C(=S)N1CCCc1ccccc1)Nc1ccc(Br)cc1. The van der Waals surface area contributed by atoms with Crippen LogP contribution in [0.4, 0.5) is 11.4 Å². The second kappa shape index (κ2) is 11.1. The summed E-state index contributed by atoms with van der Waals surface area (Å²) in [7, 11) is 0. The fourth-order valence-corrected chi connectivity index (χ4v) is 4.82. The molecule has 3 aromatic rings. The van der Waals surface area contributed by atoms with Gasteiger partial charge in [0.25, 0.3) is 5.91 Å². The summed E-state index contributed by atoms with van der Waals surface area (Å²) in [5.41, 5.74) is 2.49. The third kappa shape index (κ3) is 5.84. The van der Waals surface area contributed by atoms with Crippen LogP contribution in [0.25, 0.3) is 0 Å². The Morgan fingerprint density at radius 3 is 2.47 bits per heavy atom. The van der Waals surface area contributed by atoms with Crippen LogP contribution in [-0.4, -0.2) is 34.4 Å². The molecule has 4 rings (SSSR count). The van der Waals surface area contributed by atoms with E-state index in [1.807, 2.05) is 35.2 Å². The van der Waals surface area contributed by atoms with Crippen LogP contribution in [0.2, 0.25) is 5.02 Å². The second-order valence-electron chi connectivity index (χ2n) is 7.99. The molecule has 1 aliphatic rings. The van der Waals surface area contributed by atoms with Gasteiger partial charge in [0.2, 0.25) is 5.91 Å². The van der Waals surface area contributed by atoms with Gasteiger partial charge in [-0.2, -0.15) is 0 Å². The molecule has 1 saturated heterocycles. The molecule has 1 unspecified atom stereocenters. The van der Waals surface area contributed by atoms with Gasteiger partial charge in [0.15, 0.2) is 5.11 Å². The first kappa shape index (κ1) is 24.4. The van der Waals surface area contributed by atoms with E-state index < -0.39 is 6.04 Å². The van der Waals surface area contributed by atoms with Crippen molar-refractivity contribution < 1.29 is 9.59 Å². The van der Waals surface area contributed by atoms with Crippen molar-refractivity contribution in [3.63, 3.8) is 0 Å². The molecule has 8 heteroatoms. The molecular formula is C26H23BrClN3O2S. The number of nitrogens with zero attached hydrogens (tertiary/aromatic N) is 2. The van der Waals surface area contributed by atoms with Gasteiger partial charge in [-0.3, -0.25) is 14.5 Å². The molecule has 34 heavy (non-hydrogen) atoms. The van der Waals surface area contributed by atoms with Gasteiger partial charge in [-0.1, -0.05) is 63.9 Å². The molecule has 3 aromatic carbocycles. The largest absolute Gasteiger partial charge is 0.336 e. The summed E-state index contributed by atoms with van der Waals surface area (Å²) in [6.07, 6.45) is 1.65. The molecule has 1 aliphatic heterocycles. The maximum atomic E-state index is 13.5. The van der Waals surface area contributed by atoms with E-state index in [2.05, 4.69) is 33.4 Å². The minimum Gasteiger partial charge on any atom is -0.336 e. The third-order valence-electron chi connectivity index (χ3n) is 5.60. The van der Waals surface area contributed by atoms with E-state index in [0.717, 1.165) is 17.3 Å². The molecule has 0 aromatic heterocycles. The number of rotatable bonds is 8. The van der Waals surface area contributed by atoms with E-state index in [1.54, 1.807) is 36.4 Å². The smallest absolute Gasteiger partial charge is 0.256 e. The van der Waals surface area contributed by atoms with Gasteiger partial charge in [-0.15, -0.1) is 0 Å². The monoisotopic (exact) mass is 555 g/mol. The second-order valence-corrected chi connectivity index (χ2v) is 9.71. The van der Waals surface area contributed by atoms with Crippen LogP contribution < -0.4 is 10.2 Å². The quantitative estimate of drug-likeness (QED) is 0.342. The van der Waals surface area contributed by atoms with Crippen LogP contribution in [-0.2, 0) is 16.0 Å². The van der Waals surface area contributed by atoms with Crippen molar-refractivity contribution in [3.8, 4) is 0 Å². The first-order valence-electron chi connectivity index (χ1n) is 10.9. The van der Waals surface area contributed by atoms with E-state index in [0.29, 0.717) is 28.1 Å². The highest BCUT2D eigenvalue weighted by atomic mass is 79.9. The van der Waals surface area contributed by atoms with E-state index in [4.69, 9.17) is 23.8 Å². The molecule has 5 nitrogen and oxygen atoms in total. The Hall–Kier alpha value is -2.74. The fraction of sp³-hybridized carbons (Fsp3) is 0.192. The number of halogens is 2. The van der Waals surface area contributed by atoms with E-state index in [-0.39, 0.29) is 18.2 Å². The van der Waals surface area contributed by atoms with Crippen molar-refractivity contribution in [1.29, 1.82) is 0 Å². The molecule has 1 fully saturated rings. The van der Waals surface area contributed by atoms with Crippen molar-refractivity contribution >= 4 is 68.1 Å². The summed E-state index contributed by atoms with van der Waals surface area (Å²) in [5.74, 6) is -0.470. The van der Waals surface area contributed by atoms with Crippen LogP contribution in [0, 0.1) is 0 Å². The maximum Gasteiger partial charge on any atom is 0.256 e. The van der Waals surface area contributed by atoms with Crippen LogP contribution in [0.15, 0.2) is 83.3 Å². The lowest BCUT2D eigenvalue weighted by molar-refractivity contribution is -0.124. The maximum absolute atomic E-state index is 13.5.